The highest BCUT2D eigenvalue weighted by Crippen LogP contribution is 2.23. The molecule has 0 N–H and O–H groups in total. The SMILES string of the molecule is [Cl-].[Cl-].c1ccc(C[n+]2cn(Cc3ccc(-c4ccc(Cn5c[n+](Cc6ccccc6)c6ccccc65)cc4)cc3)c3ccccc32)cc1. The molecule has 0 atom stereocenters. The van der Waals surface area contributed by atoms with Crippen LogP contribution in [-0.4, -0.2) is 9.13 Å². The third kappa shape index (κ3) is 6.91. The van der Waals surface area contributed by atoms with E-state index in [4.69, 9.17) is 0 Å². The van der Waals surface area contributed by atoms with Crippen molar-refractivity contribution in [3.05, 3.63) is 193 Å². The summed E-state index contributed by atoms with van der Waals surface area (Å²) in [6.07, 6.45) is 4.50. The van der Waals surface area contributed by atoms with Crippen molar-refractivity contribution < 1.29 is 33.9 Å². The molecule has 2 aromatic heterocycles. The average molecular weight is 668 g/mol. The van der Waals surface area contributed by atoms with Crippen LogP contribution in [0.1, 0.15) is 22.3 Å². The molecule has 4 nitrogen and oxygen atoms in total. The number of nitrogens with zero attached hydrogens (tertiary/aromatic N) is 4. The second kappa shape index (κ2) is 14.7. The molecule has 6 aromatic carbocycles. The Hall–Kier alpha value is -5.16. The lowest BCUT2D eigenvalue weighted by molar-refractivity contribution is -0.663. The molecular weight excluding hydrogens is 631 g/mol. The quantitative estimate of drug-likeness (QED) is 0.210. The van der Waals surface area contributed by atoms with Crippen LogP contribution in [0.25, 0.3) is 33.2 Å². The van der Waals surface area contributed by atoms with Gasteiger partial charge in [-0.05, 0) is 57.6 Å². The minimum absolute atomic E-state index is 0. The van der Waals surface area contributed by atoms with Crippen molar-refractivity contribution in [1.82, 2.24) is 9.13 Å². The van der Waals surface area contributed by atoms with E-state index in [1.165, 1.54) is 55.4 Å². The molecule has 0 aliphatic rings. The fraction of sp³-hybridized carbons (Fsp3) is 0.0952. The minimum Gasteiger partial charge on any atom is -1.00 e. The fourth-order valence-electron chi connectivity index (χ4n) is 6.55. The maximum Gasteiger partial charge on any atom is 0.245 e. The molecule has 2 heterocycles. The Labute approximate surface area is 294 Å². The first kappa shape index (κ1) is 32.8. The monoisotopic (exact) mass is 666 g/mol. The van der Waals surface area contributed by atoms with Gasteiger partial charge in [-0.15, -0.1) is 0 Å². The van der Waals surface area contributed by atoms with Crippen molar-refractivity contribution in [2.75, 3.05) is 0 Å². The van der Waals surface area contributed by atoms with Gasteiger partial charge in [0.25, 0.3) is 0 Å². The van der Waals surface area contributed by atoms with Gasteiger partial charge in [-0.2, -0.15) is 0 Å². The van der Waals surface area contributed by atoms with Gasteiger partial charge < -0.3 is 24.8 Å². The van der Waals surface area contributed by atoms with Crippen LogP contribution >= 0.6 is 0 Å². The first-order valence-corrected chi connectivity index (χ1v) is 16.0. The highest BCUT2D eigenvalue weighted by Gasteiger charge is 2.17. The molecule has 0 amide bonds. The molecule has 0 unspecified atom stereocenters. The zero-order chi connectivity index (χ0) is 30.7. The van der Waals surface area contributed by atoms with Crippen LogP contribution in [-0.2, 0) is 26.2 Å². The van der Waals surface area contributed by atoms with Crippen LogP contribution < -0.4 is 33.9 Å². The zero-order valence-electron chi connectivity index (χ0n) is 26.5. The second-order valence-corrected chi connectivity index (χ2v) is 12.1. The van der Waals surface area contributed by atoms with E-state index in [0.29, 0.717) is 0 Å². The first-order chi connectivity index (χ1) is 22.8. The van der Waals surface area contributed by atoms with Crippen molar-refractivity contribution in [2.24, 2.45) is 0 Å². The van der Waals surface area contributed by atoms with Gasteiger partial charge in [-0.25, -0.2) is 18.3 Å². The standard InChI is InChI=1S/C42H36N4.2ClH/c1-3-11-33(12-4-1)27-43-31-45(41-17-9-7-15-39(41)43)29-35-19-23-37(24-20-35)38-25-21-36(22-26-38)30-46-32-44(28-34-13-5-2-6-14-34)40-16-8-10-18-42(40)46;;/h1-26,31-32H,27-30H2;2*1H/q+2;;/p-2. The van der Waals surface area contributed by atoms with Gasteiger partial charge >= 0.3 is 0 Å². The number of imidazole rings is 2. The predicted molar refractivity (Wildman–Crippen MR) is 185 cm³/mol. The fourth-order valence-corrected chi connectivity index (χ4v) is 6.55. The number of benzene rings is 6. The Balaban J connectivity index is 0.00000201. The predicted octanol–water partition coefficient (Wildman–Crippen LogP) is 2.04. The third-order valence-electron chi connectivity index (χ3n) is 8.90. The Kier molecular flexibility index (Phi) is 10.1. The highest BCUT2D eigenvalue weighted by molar-refractivity contribution is 5.72. The molecule has 8 aromatic rings. The normalized spacial score (nSPS) is 10.9. The Bertz CT molecular complexity index is 2080. The number of fused-ring (bicyclic) bond motifs is 2. The second-order valence-electron chi connectivity index (χ2n) is 12.1. The number of hydrogen-bond donors (Lipinski definition) is 0. The summed E-state index contributed by atoms with van der Waals surface area (Å²) >= 11 is 0. The van der Waals surface area contributed by atoms with Crippen LogP contribution in [0.5, 0.6) is 0 Å². The summed E-state index contributed by atoms with van der Waals surface area (Å²) < 4.78 is 9.41. The number of rotatable bonds is 9. The van der Waals surface area contributed by atoms with Crippen molar-refractivity contribution in [3.63, 3.8) is 0 Å². The van der Waals surface area contributed by atoms with Gasteiger partial charge in [-0.3, -0.25) is 0 Å². The number of hydrogen-bond acceptors (Lipinski definition) is 0. The topological polar surface area (TPSA) is 17.6 Å². The lowest BCUT2D eigenvalue weighted by atomic mass is 10.0. The third-order valence-corrected chi connectivity index (χ3v) is 8.90. The molecule has 0 saturated carbocycles. The van der Waals surface area contributed by atoms with E-state index in [-0.39, 0.29) is 24.8 Å². The summed E-state index contributed by atoms with van der Waals surface area (Å²) in [4.78, 5) is 0. The molecule has 0 spiro atoms. The highest BCUT2D eigenvalue weighted by atomic mass is 35.5. The van der Waals surface area contributed by atoms with E-state index in [0.717, 1.165) is 26.2 Å². The van der Waals surface area contributed by atoms with Gasteiger partial charge in [0.2, 0.25) is 12.7 Å². The Morgan fingerprint density at radius 2 is 0.708 bits per heavy atom. The largest absolute Gasteiger partial charge is 1.00 e. The van der Waals surface area contributed by atoms with E-state index < -0.39 is 0 Å². The lowest BCUT2D eigenvalue weighted by Gasteiger charge is -2.06. The van der Waals surface area contributed by atoms with Crippen LogP contribution in [0.3, 0.4) is 0 Å². The van der Waals surface area contributed by atoms with Gasteiger partial charge in [0.05, 0.1) is 0 Å². The van der Waals surface area contributed by atoms with E-state index >= 15 is 0 Å². The summed E-state index contributed by atoms with van der Waals surface area (Å²) in [6.45, 7) is 3.38. The molecule has 0 aliphatic carbocycles. The summed E-state index contributed by atoms with van der Waals surface area (Å²) in [5.41, 5.74) is 12.7. The van der Waals surface area contributed by atoms with Gasteiger partial charge in [-0.1, -0.05) is 133 Å². The van der Waals surface area contributed by atoms with Gasteiger partial charge in [0.1, 0.15) is 26.2 Å². The van der Waals surface area contributed by atoms with E-state index in [2.05, 4.69) is 189 Å². The molecule has 0 saturated heterocycles. The summed E-state index contributed by atoms with van der Waals surface area (Å²) in [5, 5.41) is 0. The minimum atomic E-state index is 0. The summed E-state index contributed by atoms with van der Waals surface area (Å²) in [6, 6.07) is 56.7. The maximum atomic E-state index is 2.36. The summed E-state index contributed by atoms with van der Waals surface area (Å²) in [5.74, 6) is 0. The smallest absolute Gasteiger partial charge is 0.245 e. The van der Waals surface area contributed by atoms with E-state index in [1.807, 2.05) is 0 Å². The van der Waals surface area contributed by atoms with E-state index in [9.17, 15) is 0 Å². The zero-order valence-corrected chi connectivity index (χ0v) is 28.1. The molecule has 238 valence electrons. The molecule has 0 bridgehead atoms. The van der Waals surface area contributed by atoms with Crippen molar-refractivity contribution in [1.29, 1.82) is 0 Å². The van der Waals surface area contributed by atoms with Crippen molar-refractivity contribution in [2.45, 2.75) is 26.2 Å². The van der Waals surface area contributed by atoms with Crippen molar-refractivity contribution >= 4 is 22.1 Å². The van der Waals surface area contributed by atoms with Crippen LogP contribution in [0, 0.1) is 0 Å². The molecule has 0 radical (unpaired) electrons. The summed E-state index contributed by atoms with van der Waals surface area (Å²) in [7, 11) is 0. The Morgan fingerprint density at radius 3 is 1.10 bits per heavy atom. The van der Waals surface area contributed by atoms with E-state index in [1.54, 1.807) is 0 Å². The molecule has 0 aliphatic heterocycles. The molecule has 8 rings (SSSR count). The first-order valence-electron chi connectivity index (χ1n) is 16.0. The Morgan fingerprint density at radius 1 is 0.354 bits per heavy atom. The maximum absolute atomic E-state index is 2.36. The molecular formula is C42H36Cl2N4. The number of aromatic nitrogens is 4. The van der Waals surface area contributed by atoms with Crippen LogP contribution in [0.15, 0.2) is 170 Å². The van der Waals surface area contributed by atoms with Gasteiger partial charge in [0, 0.05) is 0 Å². The van der Waals surface area contributed by atoms with Crippen LogP contribution in [0.4, 0.5) is 0 Å². The molecule has 48 heavy (non-hydrogen) atoms. The number of para-hydroxylation sites is 4. The number of halogens is 2. The lowest BCUT2D eigenvalue weighted by Crippen LogP contribution is -3.00. The average Bonchev–Trinajstić information content (AvgIpc) is 3.63. The van der Waals surface area contributed by atoms with Crippen LogP contribution in [0.2, 0.25) is 0 Å². The van der Waals surface area contributed by atoms with Crippen molar-refractivity contribution in [3.8, 4) is 11.1 Å². The van der Waals surface area contributed by atoms with Gasteiger partial charge in [0.15, 0.2) is 22.1 Å². The molecule has 6 heteroatoms. The molecule has 0 fully saturated rings.